The summed E-state index contributed by atoms with van der Waals surface area (Å²) in [6.07, 6.45) is 6.47. The molecule has 3 saturated heterocycles. The molecule has 11 nitrogen and oxygen atoms in total. The molecule has 1 aromatic carbocycles. The molecule has 0 unspecified atom stereocenters. The van der Waals surface area contributed by atoms with Crippen LogP contribution in [0.4, 0.5) is 0 Å². The summed E-state index contributed by atoms with van der Waals surface area (Å²) in [7, 11) is 2.00. The molecule has 2 bridgehead atoms. The number of aliphatic hydroxyl groups excluding tert-OH is 3. The number of allylic oxidation sites excluding steroid dienone is 2. The van der Waals surface area contributed by atoms with Gasteiger partial charge in [-0.25, -0.2) is 9.59 Å². The summed E-state index contributed by atoms with van der Waals surface area (Å²) in [5.74, 6) is -2.35. The Hall–Kier alpha value is -3.22. The lowest BCUT2D eigenvalue weighted by atomic mass is 9.39. The number of benzene rings is 1. The molecule has 7 aliphatic rings. The second kappa shape index (κ2) is 12.2. The predicted octanol–water partition coefficient (Wildman–Crippen LogP) is 3.71. The maximum absolute atomic E-state index is 14.8. The molecule has 8 rings (SSSR count). The number of esters is 2. The van der Waals surface area contributed by atoms with Gasteiger partial charge >= 0.3 is 11.9 Å². The van der Waals surface area contributed by atoms with Crippen molar-refractivity contribution >= 4 is 23.5 Å². The van der Waals surface area contributed by atoms with E-state index in [2.05, 4.69) is 19.1 Å². The van der Waals surface area contributed by atoms with Gasteiger partial charge in [0.1, 0.15) is 11.9 Å². The van der Waals surface area contributed by atoms with E-state index in [1.165, 1.54) is 0 Å². The van der Waals surface area contributed by atoms with Crippen LogP contribution < -0.4 is 0 Å². The third kappa shape index (κ3) is 4.48. The number of fused-ring (bicyclic) bond motifs is 6. The molecule has 1 aromatic rings. The molecule has 0 radical (unpaired) electrons. The third-order valence-electron chi connectivity index (χ3n) is 14.6. The Kier molecular flexibility index (Phi) is 8.95. The normalized spacial score (nSPS) is 45.0. The van der Waals surface area contributed by atoms with Crippen LogP contribution in [-0.2, 0) is 28.6 Å². The second-order valence-corrected chi connectivity index (χ2v) is 16.6. The van der Waals surface area contributed by atoms with E-state index >= 15 is 0 Å². The predicted molar refractivity (Wildman–Crippen MR) is 184 cm³/mol. The molecule has 6 fully saturated rings. The minimum atomic E-state index is -1.70. The van der Waals surface area contributed by atoms with Crippen LogP contribution in [0.1, 0.15) is 83.5 Å². The number of hydrogen-bond donors (Lipinski definition) is 4. The van der Waals surface area contributed by atoms with Crippen LogP contribution in [0.5, 0.6) is 0 Å². The average molecular weight is 709 g/mol. The van der Waals surface area contributed by atoms with E-state index in [0.717, 1.165) is 14.2 Å². The number of ether oxygens (including phenoxy) is 3. The van der Waals surface area contributed by atoms with Gasteiger partial charge in [-0.15, -0.1) is 0 Å². The molecule has 3 aliphatic heterocycles. The Labute approximate surface area is 299 Å². The Bertz CT molecular complexity index is 1680. The summed E-state index contributed by atoms with van der Waals surface area (Å²) in [6, 6.07) is 8.85. The van der Waals surface area contributed by atoms with Crippen LogP contribution in [0.3, 0.4) is 0 Å². The van der Waals surface area contributed by atoms with Crippen molar-refractivity contribution in [1.82, 2.24) is 0 Å². The van der Waals surface area contributed by atoms with Gasteiger partial charge < -0.3 is 34.6 Å². The standard InChI is InChI=1S/C38H44O9.2CH4O/c1-21(19-39)15-23-17-37(44,29(42)45-23)26-12-14-36-20-35(26,36)13-11-25-33(4)27(16-28(41)34(25,36)5)32(2,3)38(30(43)46-31(33)47-38)18-24(40)22-9-7-6-8-10-22;2*1-2/h6-11,13,15,23,25-27,31,39,44H,12,14,16-20H2,1-5H3;2*2H,1H3/b21-15+;;/t23-,25+,26+,27-,31-,33+,34-,35+,36+,37+,38-;;/m0../s1. The highest BCUT2D eigenvalue weighted by Crippen LogP contribution is 2.89. The zero-order valence-electron chi connectivity index (χ0n) is 30.6. The van der Waals surface area contributed by atoms with Crippen LogP contribution in [0, 0.1) is 44.8 Å². The minimum absolute atomic E-state index is 0.108. The Morgan fingerprint density at radius 2 is 1.63 bits per heavy atom. The van der Waals surface area contributed by atoms with Gasteiger partial charge in [0, 0.05) is 66.1 Å². The highest BCUT2D eigenvalue weighted by molar-refractivity contribution is 6.01. The largest absolute Gasteiger partial charge is 0.456 e. The summed E-state index contributed by atoms with van der Waals surface area (Å²) in [5.41, 5.74) is -5.59. The molecule has 0 aromatic heterocycles. The Morgan fingerprint density at radius 3 is 2.27 bits per heavy atom. The van der Waals surface area contributed by atoms with E-state index in [4.69, 9.17) is 24.4 Å². The fourth-order valence-electron chi connectivity index (χ4n) is 12.1. The van der Waals surface area contributed by atoms with Crippen molar-refractivity contribution in [2.24, 2.45) is 44.8 Å². The zero-order chi connectivity index (χ0) is 37.6. The number of cyclic esters (lactones) is 1. The molecule has 11 atom stereocenters. The fourth-order valence-corrected chi connectivity index (χ4v) is 12.1. The molecule has 11 heteroatoms. The number of carbonyl (C=O) groups excluding carboxylic acids is 4. The summed E-state index contributed by atoms with van der Waals surface area (Å²) in [4.78, 5) is 55.5. The van der Waals surface area contributed by atoms with Crippen LogP contribution in [0.25, 0.3) is 0 Å². The lowest BCUT2D eigenvalue weighted by Gasteiger charge is -2.65. The lowest BCUT2D eigenvalue weighted by Crippen LogP contribution is -2.70. The van der Waals surface area contributed by atoms with Gasteiger partial charge in [0.15, 0.2) is 17.0 Å². The van der Waals surface area contributed by atoms with Crippen LogP contribution in [-0.4, -0.2) is 88.4 Å². The Morgan fingerprint density at radius 1 is 0.961 bits per heavy atom. The maximum atomic E-state index is 14.8. The quantitative estimate of drug-likeness (QED) is 0.193. The number of Topliss-reactive ketones (excluding diaryl/α,β-unsaturated/α-hetero) is 2. The molecule has 4 N–H and O–H groups in total. The van der Waals surface area contributed by atoms with Gasteiger partial charge in [-0.1, -0.05) is 70.2 Å². The monoisotopic (exact) mass is 708 g/mol. The first kappa shape index (κ1) is 37.5. The summed E-state index contributed by atoms with van der Waals surface area (Å²) in [5, 5.41) is 35.5. The van der Waals surface area contributed by atoms with Crippen molar-refractivity contribution in [3.05, 3.63) is 59.7 Å². The van der Waals surface area contributed by atoms with E-state index in [1.807, 2.05) is 26.8 Å². The molecule has 51 heavy (non-hydrogen) atoms. The van der Waals surface area contributed by atoms with E-state index in [9.17, 15) is 29.4 Å². The summed E-state index contributed by atoms with van der Waals surface area (Å²) < 4.78 is 18.4. The molecular formula is C40H52O11. The minimum Gasteiger partial charge on any atom is -0.456 e. The highest BCUT2D eigenvalue weighted by Gasteiger charge is 2.88. The molecule has 278 valence electrons. The van der Waals surface area contributed by atoms with Crippen molar-refractivity contribution in [2.75, 3.05) is 20.8 Å². The zero-order valence-corrected chi connectivity index (χ0v) is 30.6. The first-order valence-electron chi connectivity index (χ1n) is 17.9. The molecule has 3 saturated carbocycles. The van der Waals surface area contributed by atoms with Crippen molar-refractivity contribution in [3.8, 4) is 0 Å². The summed E-state index contributed by atoms with van der Waals surface area (Å²) >= 11 is 0. The third-order valence-corrected chi connectivity index (χ3v) is 14.6. The second-order valence-electron chi connectivity index (χ2n) is 16.6. The van der Waals surface area contributed by atoms with E-state index in [1.54, 1.807) is 37.3 Å². The fraction of sp³-hybridized carbons (Fsp3) is 0.650. The van der Waals surface area contributed by atoms with Gasteiger partial charge in [-0.05, 0) is 49.2 Å². The number of ketones is 2. The first-order valence-corrected chi connectivity index (χ1v) is 17.9. The molecule has 4 aliphatic carbocycles. The number of rotatable bonds is 6. The van der Waals surface area contributed by atoms with Crippen molar-refractivity contribution in [2.45, 2.75) is 96.7 Å². The van der Waals surface area contributed by atoms with Crippen molar-refractivity contribution in [1.29, 1.82) is 0 Å². The molecule has 3 heterocycles. The van der Waals surface area contributed by atoms with Crippen LogP contribution in [0.15, 0.2) is 54.1 Å². The maximum Gasteiger partial charge on any atom is 0.341 e. The molecule has 0 spiro atoms. The van der Waals surface area contributed by atoms with Crippen LogP contribution in [0.2, 0.25) is 0 Å². The smallest absolute Gasteiger partial charge is 0.341 e. The Balaban J connectivity index is 0.00000108. The van der Waals surface area contributed by atoms with E-state index in [0.29, 0.717) is 30.4 Å². The molecule has 0 amide bonds. The van der Waals surface area contributed by atoms with Gasteiger partial charge in [0.2, 0.25) is 6.29 Å². The molecular weight excluding hydrogens is 656 g/mol. The van der Waals surface area contributed by atoms with E-state index in [-0.39, 0.29) is 49.3 Å². The van der Waals surface area contributed by atoms with Crippen molar-refractivity contribution in [3.63, 3.8) is 0 Å². The number of carbonyl (C=O) groups is 4. The lowest BCUT2D eigenvalue weighted by molar-refractivity contribution is -0.295. The first-order chi connectivity index (χ1) is 24.1. The van der Waals surface area contributed by atoms with Gasteiger partial charge in [-0.3, -0.25) is 9.59 Å². The van der Waals surface area contributed by atoms with Gasteiger partial charge in [0.25, 0.3) is 0 Å². The highest BCUT2D eigenvalue weighted by atomic mass is 16.8. The average Bonchev–Trinajstić information content (AvgIpc) is 3.32. The van der Waals surface area contributed by atoms with Gasteiger partial charge in [-0.2, -0.15) is 0 Å². The van der Waals surface area contributed by atoms with Crippen LogP contribution >= 0.6 is 0 Å². The summed E-state index contributed by atoms with van der Waals surface area (Å²) in [6.45, 7) is 9.60. The van der Waals surface area contributed by atoms with Gasteiger partial charge in [0.05, 0.1) is 13.0 Å². The van der Waals surface area contributed by atoms with Crippen molar-refractivity contribution < 1.29 is 53.8 Å². The topological polar surface area (TPSA) is 177 Å². The number of aliphatic hydroxyl groups is 4. The van der Waals surface area contributed by atoms with E-state index < -0.39 is 68.5 Å². The number of hydrogen-bond acceptors (Lipinski definition) is 11. The SMILES string of the molecule is C/C(=C\[C@H]1C[C@@](O)([C@@H]2CC[C@]34C[C@]23C=C[C@@H]2[C@@]3(C)[C@H]5OC(=O)[C@](CC(=O)c6ccccc6)(O5)C(C)(C)[C@@H]3CC(=O)[C@]24C)C(=O)O1)CO.CO.CO.